The highest BCUT2D eigenvalue weighted by Crippen LogP contribution is 2.45. The molecule has 2 atom stereocenters. The Bertz CT molecular complexity index is 1610. The van der Waals surface area contributed by atoms with Crippen LogP contribution in [0.4, 0.5) is 0 Å². The summed E-state index contributed by atoms with van der Waals surface area (Å²) in [6, 6.07) is 12.5. The van der Waals surface area contributed by atoms with Crippen molar-refractivity contribution in [2.45, 2.75) is 38.5 Å². The lowest BCUT2D eigenvalue weighted by Gasteiger charge is -2.36. The van der Waals surface area contributed by atoms with Gasteiger partial charge in [-0.25, -0.2) is 4.79 Å². The Morgan fingerprint density at radius 2 is 2.00 bits per heavy atom. The van der Waals surface area contributed by atoms with Gasteiger partial charge in [-0.15, -0.1) is 0 Å². The number of Topliss-reactive ketones (excluding diaryl/α,β-unsaturated/α-hetero) is 1. The van der Waals surface area contributed by atoms with Gasteiger partial charge in [0.15, 0.2) is 11.2 Å². The number of thioether (sulfide) groups is 1. The predicted molar refractivity (Wildman–Crippen MR) is 157 cm³/mol. The van der Waals surface area contributed by atoms with E-state index in [0.29, 0.717) is 45.5 Å². The topological polar surface area (TPSA) is 94.8 Å². The van der Waals surface area contributed by atoms with Gasteiger partial charge in [-0.2, -0.15) is 11.8 Å². The summed E-state index contributed by atoms with van der Waals surface area (Å²) in [5, 5.41) is 3.99. The van der Waals surface area contributed by atoms with Crippen LogP contribution in [0.1, 0.15) is 49.7 Å². The Morgan fingerprint density at radius 3 is 2.77 bits per heavy atom. The van der Waals surface area contributed by atoms with E-state index in [2.05, 4.69) is 5.32 Å². The molecule has 9 heteroatoms. The van der Waals surface area contributed by atoms with Crippen molar-refractivity contribution in [2.24, 2.45) is 0 Å². The van der Waals surface area contributed by atoms with Gasteiger partial charge in [0, 0.05) is 39.7 Å². The van der Waals surface area contributed by atoms with Crippen LogP contribution >= 0.6 is 23.4 Å². The van der Waals surface area contributed by atoms with Crippen molar-refractivity contribution in [3.8, 4) is 5.75 Å². The molecule has 0 saturated carbocycles. The number of methoxy groups -OCH3 is 1. The number of halogens is 1. The summed E-state index contributed by atoms with van der Waals surface area (Å²) in [5.41, 5.74) is 3.08. The highest BCUT2D eigenvalue weighted by Gasteiger charge is 2.43. The maximum atomic E-state index is 13.9. The second-order valence-corrected chi connectivity index (χ2v) is 11.6. The Hall–Kier alpha value is -3.49. The summed E-state index contributed by atoms with van der Waals surface area (Å²) in [4.78, 5) is 41.2. The summed E-state index contributed by atoms with van der Waals surface area (Å²) in [5.74, 6) is 0.550. The van der Waals surface area contributed by atoms with Crippen molar-refractivity contribution in [1.82, 2.24) is 5.32 Å². The molecule has 1 N–H and O–H groups in total. The van der Waals surface area contributed by atoms with Crippen molar-refractivity contribution in [1.29, 1.82) is 0 Å². The standard InChI is InChI=1S/C31H30ClNO6S/c1-4-40-11-10-38-31(36)27-17(2)33-24-13-19(18-6-5-7-21(12-18)37-3)14-25(34)29(24)28(27)23-16-39-26-9-8-20(32)15-22(26)30(23)35/h5-9,12,15-16,19,28,33H,4,10-11,13-14H2,1-3H3/t19-,28+/m0/s1. The minimum Gasteiger partial charge on any atom is -0.497 e. The number of rotatable bonds is 8. The molecule has 2 heterocycles. The van der Waals surface area contributed by atoms with Crippen LogP contribution < -0.4 is 15.5 Å². The van der Waals surface area contributed by atoms with Gasteiger partial charge in [-0.1, -0.05) is 30.7 Å². The van der Waals surface area contributed by atoms with Gasteiger partial charge in [0.25, 0.3) is 0 Å². The molecular weight excluding hydrogens is 550 g/mol. The Morgan fingerprint density at radius 1 is 1.18 bits per heavy atom. The molecule has 1 aliphatic heterocycles. The zero-order valence-electron chi connectivity index (χ0n) is 22.5. The van der Waals surface area contributed by atoms with Gasteiger partial charge >= 0.3 is 5.97 Å². The van der Waals surface area contributed by atoms with Gasteiger partial charge < -0.3 is 19.2 Å². The van der Waals surface area contributed by atoms with Crippen molar-refractivity contribution in [2.75, 3.05) is 25.2 Å². The van der Waals surface area contributed by atoms with Crippen molar-refractivity contribution >= 4 is 46.1 Å². The van der Waals surface area contributed by atoms with E-state index in [-0.39, 0.29) is 46.7 Å². The number of hydrogen-bond donors (Lipinski definition) is 1. The van der Waals surface area contributed by atoms with Crippen LogP contribution in [0.25, 0.3) is 11.0 Å². The van der Waals surface area contributed by atoms with Gasteiger partial charge in [0.05, 0.1) is 30.3 Å². The first-order valence-corrected chi connectivity index (χ1v) is 14.7. The average molecular weight is 580 g/mol. The third kappa shape index (κ3) is 5.43. The lowest BCUT2D eigenvalue weighted by molar-refractivity contribution is -0.138. The van der Waals surface area contributed by atoms with Gasteiger partial charge in [0.1, 0.15) is 17.9 Å². The number of dihydropyridines is 1. The van der Waals surface area contributed by atoms with Crippen LogP contribution in [0.5, 0.6) is 5.75 Å². The summed E-state index contributed by atoms with van der Waals surface area (Å²) >= 11 is 7.86. The quantitative estimate of drug-likeness (QED) is 0.252. The lowest BCUT2D eigenvalue weighted by atomic mass is 9.72. The molecule has 0 bridgehead atoms. The van der Waals surface area contributed by atoms with Crippen molar-refractivity contribution in [3.05, 3.63) is 97.6 Å². The largest absolute Gasteiger partial charge is 0.497 e. The Kier molecular flexibility index (Phi) is 8.38. The molecule has 0 fully saturated rings. The highest BCUT2D eigenvalue weighted by atomic mass is 35.5. The van der Waals surface area contributed by atoms with E-state index < -0.39 is 11.9 Å². The molecule has 1 aromatic heterocycles. The van der Waals surface area contributed by atoms with E-state index in [0.717, 1.165) is 11.3 Å². The first kappa shape index (κ1) is 28.1. The number of ether oxygens (including phenoxy) is 2. The highest BCUT2D eigenvalue weighted by molar-refractivity contribution is 7.99. The van der Waals surface area contributed by atoms with Crippen molar-refractivity contribution < 1.29 is 23.5 Å². The number of esters is 1. The van der Waals surface area contributed by atoms with Gasteiger partial charge in [0.2, 0.25) is 0 Å². The minimum absolute atomic E-state index is 0.0892. The molecule has 3 aromatic rings. The third-order valence-corrected chi connectivity index (χ3v) is 8.45. The number of allylic oxidation sites excluding steroid dienone is 3. The molecule has 1 aliphatic carbocycles. The number of benzene rings is 2. The van der Waals surface area contributed by atoms with E-state index in [1.807, 2.05) is 31.2 Å². The number of carbonyl (C=O) groups is 2. The third-order valence-electron chi connectivity index (χ3n) is 7.35. The van der Waals surface area contributed by atoms with Crippen LogP contribution in [0, 0.1) is 0 Å². The zero-order valence-corrected chi connectivity index (χ0v) is 24.1. The maximum absolute atomic E-state index is 13.9. The van der Waals surface area contributed by atoms with Crippen LogP contribution in [0.15, 0.2) is 80.5 Å². The van der Waals surface area contributed by atoms with Gasteiger partial charge in [-0.3, -0.25) is 9.59 Å². The van der Waals surface area contributed by atoms with Crippen molar-refractivity contribution in [3.63, 3.8) is 0 Å². The number of ketones is 1. The molecule has 7 nitrogen and oxygen atoms in total. The molecule has 0 saturated heterocycles. The normalized spacial score (nSPS) is 18.9. The van der Waals surface area contributed by atoms with E-state index in [9.17, 15) is 14.4 Å². The van der Waals surface area contributed by atoms with Crippen LogP contribution in [-0.2, 0) is 14.3 Å². The molecule has 2 aromatic carbocycles. The van der Waals surface area contributed by atoms with E-state index in [1.54, 1.807) is 44.0 Å². The van der Waals surface area contributed by atoms with Crippen LogP contribution in [0.2, 0.25) is 5.02 Å². The molecule has 0 spiro atoms. The summed E-state index contributed by atoms with van der Waals surface area (Å²) in [6.45, 7) is 4.03. The molecule has 0 radical (unpaired) electrons. The van der Waals surface area contributed by atoms with Crippen LogP contribution in [0.3, 0.4) is 0 Å². The summed E-state index contributed by atoms with van der Waals surface area (Å²) < 4.78 is 16.8. The second kappa shape index (κ2) is 11.9. The second-order valence-electron chi connectivity index (χ2n) is 9.79. The SMILES string of the molecule is CCSCCOC(=O)C1=C(C)NC2=C(C(=O)C[C@@H](c3cccc(OC)c3)C2)[C@@H]1c1coc2ccc(Cl)cc2c1=O. The first-order chi connectivity index (χ1) is 19.3. The van der Waals surface area contributed by atoms with E-state index in [1.165, 1.54) is 6.26 Å². The maximum Gasteiger partial charge on any atom is 0.336 e. The zero-order chi connectivity index (χ0) is 28.4. The smallest absolute Gasteiger partial charge is 0.336 e. The molecular formula is C31H30ClNO6S. The fraction of sp³-hybridized carbons (Fsp3) is 0.323. The fourth-order valence-corrected chi connectivity index (χ4v) is 6.15. The lowest BCUT2D eigenvalue weighted by Crippen LogP contribution is -2.37. The molecule has 5 rings (SSSR count). The number of fused-ring (bicyclic) bond motifs is 1. The average Bonchev–Trinajstić information content (AvgIpc) is 2.95. The molecule has 0 amide bonds. The molecule has 40 heavy (non-hydrogen) atoms. The Labute approximate surface area is 241 Å². The number of hydrogen-bond acceptors (Lipinski definition) is 8. The first-order valence-electron chi connectivity index (χ1n) is 13.2. The predicted octanol–water partition coefficient (Wildman–Crippen LogP) is 6.11. The van der Waals surface area contributed by atoms with E-state index >= 15 is 0 Å². The molecule has 208 valence electrons. The summed E-state index contributed by atoms with van der Waals surface area (Å²) in [7, 11) is 1.61. The molecule has 2 aliphatic rings. The van der Waals surface area contributed by atoms with Crippen LogP contribution in [-0.4, -0.2) is 37.0 Å². The number of carbonyl (C=O) groups excluding carboxylic acids is 2. The van der Waals surface area contributed by atoms with E-state index in [4.69, 9.17) is 25.5 Å². The Balaban J connectivity index is 1.61. The fourth-order valence-electron chi connectivity index (χ4n) is 5.48. The van der Waals surface area contributed by atoms with Gasteiger partial charge in [-0.05, 0) is 60.9 Å². The molecule has 0 unspecified atom stereocenters. The minimum atomic E-state index is -0.930. The summed E-state index contributed by atoms with van der Waals surface area (Å²) in [6.07, 6.45) is 2.11. The monoisotopic (exact) mass is 579 g/mol. The number of nitrogens with one attached hydrogen (secondary N) is 1.